The van der Waals surface area contributed by atoms with Crippen LogP contribution in [0.15, 0.2) is 0 Å². The summed E-state index contributed by atoms with van der Waals surface area (Å²) < 4.78 is 10.5. The maximum Gasteiger partial charge on any atom is 0.311 e. The van der Waals surface area contributed by atoms with E-state index in [1.54, 1.807) is 5.55 Å². The van der Waals surface area contributed by atoms with E-state index in [4.69, 9.17) is 9.47 Å². The highest BCUT2D eigenvalue weighted by atomic mass is 32.1. The van der Waals surface area contributed by atoms with Crippen molar-refractivity contribution in [3.63, 3.8) is 0 Å². The Morgan fingerprint density at radius 1 is 1.38 bits per heavy atom. The Bertz CT molecular complexity index is 231. The predicted octanol–water partition coefficient (Wildman–Crippen LogP) is 2.47. The molecule has 0 saturated heterocycles. The lowest BCUT2D eigenvalue weighted by molar-refractivity contribution is -0.154. The molecule has 0 saturated carbocycles. The van der Waals surface area contributed by atoms with Crippen molar-refractivity contribution >= 4 is 22.9 Å². The van der Waals surface area contributed by atoms with Crippen molar-refractivity contribution in [1.82, 2.24) is 0 Å². The van der Waals surface area contributed by atoms with Crippen LogP contribution in [0, 0.1) is 11.3 Å². The van der Waals surface area contributed by atoms with E-state index in [0.29, 0.717) is 13.2 Å². The van der Waals surface area contributed by atoms with Gasteiger partial charge in [-0.3, -0.25) is 4.79 Å². The molecule has 0 radical (unpaired) electrons. The van der Waals surface area contributed by atoms with E-state index in [-0.39, 0.29) is 11.9 Å². The Morgan fingerprint density at radius 2 is 2.00 bits per heavy atom. The van der Waals surface area contributed by atoms with Gasteiger partial charge in [0.05, 0.1) is 24.2 Å². The predicted molar refractivity (Wildman–Crippen MR) is 71.1 cm³/mol. The van der Waals surface area contributed by atoms with Gasteiger partial charge in [-0.05, 0) is 26.5 Å². The molecule has 0 heterocycles. The van der Waals surface area contributed by atoms with E-state index in [0.717, 1.165) is 5.75 Å². The van der Waals surface area contributed by atoms with Crippen molar-refractivity contribution < 1.29 is 14.3 Å². The maximum absolute atomic E-state index is 11.5. The monoisotopic (exact) mass is 248 g/mol. The van der Waals surface area contributed by atoms with Crippen molar-refractivity contribution in [3.8, 4) is 0 Å². The average molecular weight is 248 g/mol. The fraction of sp³-hybridized carbons (Fsp3) is 0.833. The fourth-order valence-corrected chi connectivity index (χ4v) is 1.16. The molecule has 3 nitrogen and oxygen atoms in total. The lowest BCUT2D eigenvalue weighted by Gasteiger charge is -2.18. The minimum Gasteiger partial charge on any atom is -0.465 e. The zero-order chi connectivity index (χ0) is 12.6. The van der Waals surface area contributed by atoms with Gasteiger partial charge >= 0.3 is 5.97 Å². The van der Waals surface area contributed by atoms with Crippen LogP contribution in [0.5, 0.6) is 0 Å². The first kappa shape index (κ1) is 15.7. The summed E-state index contributed by atoms with van der Waals surface area (Å²) in [6, 6.07) is 0. The van der Waals surface area contributed by atoms with Crippen LogP contribution in [-0.2, 0) is 14.3 Å². The minimum atomic E-state index is -0.423. The lowest BCUT2D eigenvalue weighted by Crippen LogP contribution is -2.25. The highest BCUT2D eigenvalue weighted by Crippen LogP contribution is 2.15. The average Bonchev–Trinajstić information content (AvgIpc) is 2.19. The first-order valence-electron chi connectivity index (χ1n) is 5.65. The topological polar surface area (TPSA) is 35.5 Å². The van der Waals surface area contributed by atoms with Crippen LogP contribution in [-0.4, -0.2) is 30.5 Å². The number of hydrogen-bond donors (Lipinski definition) is 1. The lowest BCUT2D eigenvalue weighted by atomic mass is 9.97. The number of carbonyl (C=O) groups is 1. The Hall–Kier alpha value is -0.350. The smallest absolute Gasteiger partial charge is 0.311 e. The van der Waals surface area contributed by atoms with Crippen LogP contribution in [0.2, 0.25) is 0 Å². The molecular weight excluding hydrogens is 224 g/mol. The van der Waals surface area contributed by atoms with Crippen LogP contribution < -0.4 is 0 Å². The van der Waals surface area contributed by atoms with Crippen LogP contribution in [0.1, 0.15) is 34.6 Å². The van der Waals surface area contributed by atoms with Crippen molar-refractivity contribution in [2.45, 2.75) is 34.6 Å². The molecule has 0 aromatic rings. The third kappa shape index (κ3) is 7.88. The van der Waals surface area contributed by atoms with Gasteiger partial charge in [0.1, 0.15) is 0 Å². The highest BCUT2D eigenvalue weighted by Gasteiger charge is 2.23. The molecule has 0 aliphatic heterocycles. The van der Waals surface area contributed by atoms with Gasteiger partial charge < -0.3 is 9.47 Å². The summed E-state index contributed by atoms with van der Waals surface area (Å²) in [6.45, 7) is 10.7. The summed E-state index contributed by atoms with van der Waals surface area (Å²) in [4.78, 5) is 11.5. The summed E-state index contributed by atoms with van der Waals surface area (Å²) in [7, 11) is 0. The van der Waals surface area contributed by atoms with Gasteiger partial charge in [-0.2, -0.15) is 11.4 Å². The Kier molecular flexibility index (Phi) is 7.68. The first-order valence-corrected chi connectivity index (χ1v) is 6.80. The van der Waals surface area contributed by atoms with E-state index < -0.39 is 5.41 Å². The second-order valence-electron chi connectivity index (χ2n) is 4.89. The van der Waals surface area contributed by atoms with Gasteiger partial charge in [-0.15, -0.1) is 0 Å². The molecular formula is C12H24O3S. The molecule has 0 spiro atoms. The fourth-order valence-electron chi connectivity index (χ4n) is 0.817. The summed E-state index contributed by atoms with van der Waals surface area (Å²) in [6.07, 6.45) is 0. The van der Waals surface area contributed by atoms with Crippen LogP contribution in [0.4, 0.5) is 0 Å². The third-order valence-electron chi connectivity index (χ3n) is 1.82. The first-order chi connectivity index (χ1) is 7.38. The van der Waals surface area contributed by atoms with Crippen molar-refractivity contribution in [3.05, 3.63) is 0 Å². The molecule has 0 aliphatic carbocycles. The number of rotatable bonds is 6. The van der Waals surface area contributed by atoms with Crippen molar-refractivity contribution in [1.29, 1.82) is 0 Å². The highest BCUT2D eigenvalue weighted by molar-refractivity contribution is 7.97. The Balaban J connectivity index is 3.69. The number of thiol groups is 1. The van der Waals surface area contributed by atoms with E-state index in [1.807, 2.05) is 27.7 Å². The second-order valence-corrected chi connectivity index (χ2v) is 6.10. The molecule has 96 valence electrons. The molecule has 16 heavy (non-hydrogen) atoms. The number of carbonyl (C=O) groups excluding carboxylic acids is 1. The number of esters is 1. The molecule has 1 unspecified atom stereocenters. The van der Waals surface area contributed by atoms with Gasteiger partial charge in [-0.25, -0.2) is 0 Å². The molecule has 0 aliphatic rings. The van der Waals surface area contributed by atoms with Gasteiger partial charge in [-0.1, -0.05) is 13.8 Å². The van der Waals surface area contributed by atoms with Crippen LogP contribution >= 0.6 is 11.4 Å². The summed E-state index contributed by atoms with van der Waals surface area (Å²) in [5.74, 6) is 1.14. The van der Waals surface area contributed by atoms with Crippen LogP contribution in [0.25, 0.3) is 0 Å². The van der Waals surface area contributed by atoms with Gasteiger partial charge in [0, 0.05) is 5.92 Å². The molecule has 0 aromatic carbocycles. The zero-order valence-corrected chi connectivity index (χ0v) is 11.8. The van der Waals surface area contributed by atoms with Gasteiger partial charge in [0.15, 0.2) is 0 Å². The Labute approximate surface area is 102 Å². The van der Waals surface area contributed by atoms with Gasteiger partial charge in [0.25, 0.3) is 0 Å². The normalized spacial score (nSPS) is 14.6. The van der Waals surface area contributed by atoms with E-state index in [9.17, 15) is 4.79 Å². The zero-order valence-electron chi connectivity index (χ0n) is 10.9. The number of ether oxygens (including phenoxy) is 2. The number of hydrogen-bond acceptors (Lipinski definition) is 3. The van der Waals surface area contributed by atoms with E-state index >= 15 is 0 Å². The largest absolute Gasteiger partial charge is 0.465 e. The molecule has 0 N–H and O–H groups in total. The molecule has 0 amide bonds. The molecule has 1 atom stereocenters. The molecule has 4 heteroatoms. The Morgan fingerprint density at radius 3 is 2.50 bits per heavy atom. The van der Waals surface area contributed by atoms with E-state index in [1.165, 1.54) is 11.4 Å². The summed E-state index contributed by atoms with van der Waals surface area (Å²) >= 11 is 1.19. The molecule has 0 rings (SSSR count). The molecule has 0 aromatic heterocycles. The molecule has 0 bridgehead atoms. The maximum atomic E-state index is 11.5. The van der Waals surface area contributed by atoms with Crippen molar-refractivity contribution in [2.24, 2.45) is 11.3 Å². The third-order valence-corrected chi connectivity index (χ3v) is 2.49. The summed E-state index contributed by atoms with van der Waals surface area (Å²) in [5.41, 5.74) is 1.37. The van der Waals surface area contributed by atoms with Gasteiger partial charge in [0.2, 0.25) is 0 Å². The van der Waals surface area contributed by atoms with Crippen molar-refractivity contribution in [2.75, 3.05) is 19.0 Å². The quantitative estimate of drug-likeness (QED) is 0.445. The van der Waals surface area contributed by atoms with E-state index in [2.05, 4.69) is 6.92 Å². The second kappa shape index (κ2) is 7.85. The SMILES string of the molecule is CC[SH]=COCC(C)COC(=O)C(C)(C)C. The molecule has 0 fully saturated rings. The minimum absolute atomic E-state index is 0.157. The standard InChI is InChI=1S/C12H24O3S/c1-6-16-9-14-7-10(2)8-15-11(13)12(3,4)5/h9-10,16H,6-8H2,1-5H3. The summed E-state index contributed by atoms with van der Waals surface area (Å²) in [5, 5.41) is 0. The van der Waals surface area contributed by atoms with Crippen LogP contribution in [0.3, 0.4) is 0 Å².